The van der Waals surface area contributed by atoms with Crippen LogP contribution in [0.15, 0.2) is 34.5 Å². The predicted molar refractivity (Wildman–Crippen MR) is 79.2 cm³/mol. The van der Waals surface area contributed by atoms with E-state index in [1.165, 1.54) is 25.2 Å². The molecule has 1 aromatic heterocycles. The number of sulfonamides is 1. The van der Waals surface area contributed by atoms with Gasteiger partial charge in [-0.05, 0) is 43.0 Å². The average molecular weight is 345 g/mol. The molecule has 0 spiro atoms. The van der Waals surface area contributed by atoms with Crippen molar-refractivity contribution >= 4 is 27.3 Å². The minimum Gasteiger partial charge on any atom is -0.273 e. The molecule has 22 heavy (non-hydrogen) atoms. The molecule has 0 saturated carbocycles. The Morgan fingerprint density at radius 2 is 1.95 bits per heavy atom. The number of hydrogen-bond acceptors (Lipinski definition) is 4. The van der Waals surface area contributed by atoms with Crippen LogP contribution < -0.4 is 4.72 Å². The Hall–Kier alpha value is -1.80. The van der Waals surface area contributed by atoms with Gasteiger partial charge in [-0.3, -0.25) is 4.79 Å². The Balaban J connectivity index is 2.28. The number of rotatable bonds is 4. The molecule has 1 atom stereocenters. The molecule has 1 aromatic carbocycles. The van der Waals surface area contributed by atoms with E-state index in [2.05, 4.69) is 0 Å². The van der Waals surface area contributed by atoms with E-state index in [4.69, 9.17) is 0 Å². The minimum absolute atomic E-state index is 0.0188. The Bertz CT molecular complexity index is 802. The van der Waals surface area contributed by atoms with Gasteiger partial charge in [0.15, 0.2) is 0 Å². The van der Waals surface area contributed by atoms with Crippen molar-refractivity contribution in [2.75, 3.05) is 0 Å². The molecule has 8 heteroatoms. The van der Waals surface area contributed by atoms with Gasteiger partial charge in [-0.15, -0.1) is 11.3 Å². The van der Waals surface area contributed by atoms with Gasteiger partial charge < -0.3 is 0 Å². The summed E-state index contributed by atoms with van der Waals surface area (Å²) in [7, 11) is -4.48. The number of amides is 1. The molecule has 0 aliphatic rings. The fourth-order valence-corrected chi connectivity index (χ4v) is 3.69. The molecule has 0 bridgehead atoms. The van der Waals surface area contributed by atoms with E-state index in [-0.39, 0.29) is 5.56 Å². The second-order valence-electron chi connectivity index (χ2n) is 4.74. The highest BCUT2D eigenvalue weighted by Gasteiger charge is 2.26. The topological polar surface area (TPSA) is 63.2 Å². The first-order valence-corrected chi connectivity index (χ1v) is 8.64. The maximum atomic E-state index is 13.8. The summed E-state index contributed by atoms with van der Waals surface area (Å²) in [5.74, 6) is -3.49. The van der Waals surface area contributed by atoms with Gasteiger partial charge in [-0.25, -0.2) is 21.9 Å². The zero-order chi connectivity index (χ0) is 16.5. The summed E-state index contributed by atoms with van der Waals surface area (Å²) in [6.45, 7) is 2.84. The number of aryl methyl sites for hydroxylation is 1. The van der Waals surface area contributed by atoms with Crippen molar-refractivity contribution in [1.29, 1.82) is 0 Å². The number of thiophene rings is 1. The van der Waals surface area contributed by atoms with E-state index in [9.17, 15) is 22.0 Å². The maximum absolute atomic E-state index is 13.8. The van der Waals surface area contributed by atoms with Crippen LogP contribution in [-0.2, 0) is 14.8 Å². The van der Waals surface area contributed by atoms with Gasteiger partial charge in [-0.1, -0.05) is 6.07 Å². The maximum Gasteiger partial charge on any atom is 0.267 e. The molecule has 0 radical (unpaired) electrons. The van der Waals surface area contributed by atoms with Crippen molar-refractivity contribution < 1.29 is 22.0 Å². The van der Waals surface area contributed by atoms with Crippen LogP contribution >= 0.6 is 11.3 Å². The molecular weight excluding hydrogens is 332 g/mol. The quantitative estimate of drug-likeness (QED) is 0.927. The van der Waals surface area contributed by atoms with Crippen molar-refractivity contribution in [2.24, 2.45) is 0 Å². The second-order valence-corrected chi connectivity index (χ2v) is 7.37. The normalized spacial score (nSPS) is 12.9. The number of nitrogens with one attached hydrogen (secondary N) is 1. The van der Waals surface area contributed by atoms with Crippen molar-refractivity contribution in [3.05, 3.63) is 51.7 Å². The molecule has 0 unspecified atom stereocenters. The zero-order valence-corrected chi connectivity index (χ0v) is 13.4. The molecule has 4 nitrogen and oxygen atoms in total. The van der Waals surface area contributed by atoms with E-state index >= 15 is 0 Å². The SMILES string of the molecule is Cc1cc(F)c(S(=O)(=O)NC(=O)[C@@H](C)c2cccs2)cc1F. The molecule has 0 aliphatic heterocycles. The van der Waals surface area contributed by atoms with Gasteiger partial charge in [0.05, 0.1) is 5.92 Å². The van der Waals surface area contributed by atoms with Crippen LogP contribution in [0.5, 0.6) is 0 Å². The fourth-order valence-electron chi connectivity index (χ4n) is 1.78. The average Bonchev–Trinajstić information content (AvgIpc) is 2.95. The highest BCUT2D eigenvalue weighted by Crippen LogP contribution is 2.23. The third kappa shape index (κ3) is 3.33. The second kappa shape index (κ2) is 6.13. The number of benzene rings is 1. The number of carbonyl (C=O) groups is 1. The van der Waals surface area contributed by atoms with Crippen LogP contribution in [0.4, 0.5) is 8.78 Å². The molecule has 118 valence electrons. The third-order valence-electron chi connectivity index (χ3n) is 3.10. The van der Waals surface area contributed by atoms with Crippen molar-refractivity contribution in [2.45, 2.75) is 24.7 Å². The molecule has 0 aliphatic carbocycles. The molecule has 0 fully saturated rings. The lowest BCUT2D eigenvalue weighted by Gasteiger charge is -2.12. The van der Waals surface area contributed by atoms with Gasteiger partial charge in [0.2, 0.25) is 5.91 Å². The van der Waals surface area contributed by atoms with Gasteiger partial charge >= 0.3 is 0 Å². The third-order valence-corrected chi connectivity index (χ3v) is 5.52. The van der Waals surface area contributed by atoms with Crippen LogP contribution in [0.3, 0.4) is 0 Å². The summed E-state index contributed by atoms with van der Waals surface area (Å²) in [6.07, 6.45) is 0. The first-order valence-electron chi connectivity index (χ1n) is 6.28. The van der Waals surface area contributed by atoms with E-state index in [0.29, 0.717) is 10.9 Å². The highest BCUT2D eigenvalue weighted by molar-refractivity contribution is 7.90. The standard InChI is InChI=1S/C14H13F2NO3S2/c1-8-6-11(16)13(7-10(8)15)22(19,20)17-14(18)9(2)12-4-3-5-21-12/h3-7,9H,1-2H3,(H,17,18)/t9-/m0/s1. The smallest absolute Gasteiger partial charge is 0.267 e. The van der Waals surface area contributed by atoms with Crippen molar-refractivity contribution in [1.82, 2.24) is 4.72 Å². The van der Waals surface area contributed by atoms with E-state index < -0.39 is 38.4 Å². The van der Waals surface area contributed by atoms with Crippen molar-refractivity contribution in [3.8, 4) is 0 Å². The van der Waals surface area contributed by atoms with E-state index in [1.54, 1.807) is 22.2 Å². The summed E-state index contributed by atoms with van der Waals surface area (Å²) < 4.78 is 53.1. The van der Waals surface area contributed by atoms with Crippen LogP contribution in [-0.4, -0.2) is 14.3 Å². The van der Waals surface area contributed by atoms with Gasteiger partial charge in [0.25, 0.3) is 10.0 Å². The highest BCUT2D eigenvalue weighted by atomic mass is 32.2. The van der Waals surface area contributed by atoms with Gasteiger partial charge in [0.1, 0.15) is 16.5 Å². The van der Waals surface area contributed by atoms with Gasteiger partial charge in [-0.2, -0.15) is 0 Å². The molecule has 1 N–H and O–H groups in total. The molecule has 2 aromatic rings. The van der Waals surface area contributed by atoms with Crippen LogP contribution in [0.25, 0.3) is 0 Å². The summed E-state index contributed by atoms with van der Waals surface area (Å²) in [4.78, 5) is 11.8. The molecule has 2 rings (SSSR count). The number of halogens is 2. The molecule has 1 amide bonds. The summed E-state index contributed by atoms with van der Waals surface area (Å²) in [5.41, 5.74) is -0.0188. The summed E-state index contributed by atoms with van der Waals surface area (Å²) >= 11 is 1.30. The molecular formula is C14H13F2NO3S2. The predicted octanol–water partition coefficient (Wildman–Crippen LogP) is 2.94. The molecule has 1 heterocycles. The molecule has 0 saturated heterocycles. The zero-order valence-electron chi connectivity index (χ0n) is 11.8. The Labute approximate surface area is 130 Å². The lowest BCUT2D eigenvalue weighted by Crippen LogP contribution is -2.34. The van der Waals surface area contributed by atoms with E-state index in [0.717, 1.165) is 6.07 Å². The monoisotopic (exact) mass is 345 g/mol. The van der Waals surface area contributed by atoms with Crippen LogP contribution in [0, 0.1) is 18.6 Å². The van der Waals surface area contributed by atoms with Gasteiger partial charge in [0, 0.05) is 4.88 Å². The van der Waals surface area contributed by atoms with Crippen LogP contribution in [0.2, 0.25) is 0 Å². The number of hydrogen-bond donors (Lipinski definition) is 1. The van der Waals surface area contributed by atoms with Crippen LogP contribution in [0.1, 0.15) is 23.3 Å². The van der Waals surface area contributed by atoms with E-state index in [1.807, 2.05) is 0 Å². The lowest BCUT2D eigenvalue weighted by molar-refractivity contribution is -0.120. The summed E-state index contributed by atoms with van der Waals surface area (Å²) in [6, 6.07) is 4.76. The van der Waals surface area contributed by atoms with Crippen molar-refractivity contribution in [3.63, 3.8) is 0 Å². The Morgan fingerprint density at radius 3 is 2.55 bits per heavy atom. The fraction of sp³-hybridized carbons (Fsp3) is 0.214. The number of carbonyl (C=O) groups excluding carboxylic acids is 1. The summed E-state index contributed by atoms with van der Waals surface area (Å²) in [5, 5.41) is 1.75. The first kappa shape index (κ1) is 16.6. The lowest BCUT2D eigenvalue weighted by atomic mass is 10.1. The largest absolute Gasteiger partial charge is 0.273 e. The Kier molecular flexibility index (Phi) is 4.62. The Morgan fingerprint density at radius 1 is 1.27 bits per heavy atom. The first-order chi connectivity index (χ1) is 10.2. The minimum atomic E-state index is -4.48.